The van der Waals surface area contributed by atoms with Gasteiger partial charge < -0.3 is 0 Å². The van der Waals surface area contributed by atoms with Crippen molar-refractivity contribution in [3.63, 3.8) is 0 Å². The molecule has 0 heterocycles. The summed E-state index contributed by atoms with van der Waals surface area (Å²) in [5, 5.41) is 0. The Morgan fingerprint density at radius 1 is 1.33 bits per heavy atom. The fourth-order valence-electron chi connectivity index (χ4n) is 0.507. The number of benzene rings is 1. The van der Waals surface area contributed by atoms with Gasteiger partial charge in [0.15, 0.2) is 0 Å². The molecule has 3 heteroatoms. The van der Waals surface area contributed by atoms with Crippen LogP contribution in [-0.4, -0.2) is 13.1 Å². The average molecular weight is 254 g/mol. The van der Waals surface area contributed by atoms with Crippen LogP contribution >= 0.6 is 14.1 Å². The van der Waals surface area contributed by atoms with Crippen molar-refractivity contribution in [2.45, 2.75) is 0 Å². The Balaban J connectivity index is 3.01. The molecule has 1 aromatic carbocycles. The second-order valence-corrected chi connectivity index (χ2v) is 4.44. The molecule has 0 N–H and O–H groups in total. The minimum absolute atomic E-state index is 0.0956. The quantitative estimate of drug-likeness (QED) is 0.665. The van der Waals surface area contributed by atoms with Crippen molar-refractivity contribution >= 4 is 31.7 Å². The standard InChI is InChI=1S/C6H4BrFSe/c7-9-6-4-2-1-3-5(6)8/h1-4H. The fraction of sp³-hybridized carbons (Fsp3) is 0. The van der Waals surface area contributed by atoms with Crippen LogP contribution in [-0.2, 0) is 0 Å². The van der Waals surface area contributed by atoms with Crippen molar-refractivity contribution in [1.29, 1.82) is 0 Å². The molecule has 0 aliphatic carbocycles. The van der Waals surface area contributed by atoms with Crippen LogP contribution in [0.2, 0.25) is 0 Å². The third kappa shape index (κ3) is 1.78. The monoisotopic (exact) mass is 254 g/mol. The Kier molecular flexibility index (Phi) is 2.70. The second kappa shape index (κ2) is 3.35. The third-order valence-corrected chi connectivity index (χ3v) is 3.78. The Morgan fingerprint density at radius 2 is 2.00 bits per heavy atom. The van der Waals surface area contributed by atoms with Gasteiger partial charge in [0, 0.05) is 0 Å². The van der Waals surface area contributed by atoms with Gasteiger partial charge in [-0.25, -0.2) is 0 Å². The molecule has 48 valence electrons. The summed E-state index contributed by atoms with van der Waals surface area (Å²) in [7, 11) is 0. The van der Waals surface area contributed by atoms with E-state index >= 15 is 0 Å². The van der Waals surface area contributed by atoms with Crippen LogP contribution in [0.4, 0.5) is 4.39 Å². The summed E-state index contributed by atoms with van der Waals surface area (Å²) in [6.45, 7) is 0. The van der Waals surface area contributed by atoms with E-state index in [-0.39, 0.29) is 19.0 Å². The summed E-state index contributed by atoms with van der Waals surface area (Å²) in [5.41, 5.74) is 0. The van der Waals surface area contributed by atoms with Crippen LogP contribution in [0.25, 0.3) is 0 Å². The first-order chi connectivity index (χ1) is 4.34. The van der Waals surface area contributed by atoms with Crippen LogP contribution in [0.15, 0.2) is 24.3 Å². The van der Waals surface area contributed by atoms with E-state index in [0.29, 0.717) is 0 Å². The van der Waals surface area contributed by atoms with Gasteiger partial charge in [-0.1, -0.05) is 0 Å². The predicted molar refractivity (Wildman–Crippen MR) is 40.7 cm³/mol. The molecule has 0 aliphatic rings. The fourth-order valence-corrected chi connectivity index (χ4v) is 2.44. The van der Waals surface area contributed by atoms with Gasteiger partial charge in [0.25, 0.3) is 0 Å². The van der Waals surface area contributed by atoms with Crippen molar-refractivity contribution in [3.8, 4) is 0 Å². The normalized spacial score (nSPS) is 9.56. The van der Waals surface area contributed by atoms with Gasteiger partial charge >= 0.3 is 66.2 Å². The Bertz CT molecular complexity index is 202. The number of halogens is 2. The van der Waals surface area contributed by atoms with E-state index in [0.717, 1.165) is 4.46 Å². The zero-order valence-electron chi connectivity index (χ0n) is 4.47. The van der Waals surface area contributed by atoms with Crippen LogP contribution in [0.5, 0.6) is 0 Å². The molecule has 0 aliphatic heterocycles. The van der Waals surface area contributed by atoms with Gasteiger partial charge in [0.05, 0.1) is 0 Å². The van der Waals surface area contributed by atoms with Gasteiger partial charge in [-0.05, 0) is 0 Å². The molecular formula is C6H4BrFSe. The zero-order valence-corrected chi connectivity index (χ0v) is 7.77. The Hall–Kier alpha value is 0.149. The minimum atomic E-state index is -0.116. The molecule has 9 heavy (non-hydrogen) atoms. The maximum absolute atomic E-state index is 12.6. The molecule has 0 bridgehead atoms. The Labute approximate surface area is 66.3 Å². The molecule has 0 saturated carbocycles. The molecule has 0 unspecified atom stereocenters. The van der Waals surface area contributed by atoms with E-state index < -0.39 is 0 Å². The van der Waals surface area contributed by atoms with Crippen LogP contribution in [0.1, 0.15) is 0 Å². The van der Waals surface area contributed by atoms with E-state index in [4.69, 9.17) is 0 Å². The van der Waals surface area contributed by atoms with Gasteiger partial charge in [0.1, 0.15) is 0 Å². The summed E-state index contributed by atoms with van der Waals surface area (Å²) in [6, 6.07) is 6.78. The molecule has 0 spiro atoms. The van der Waals surface area contributed by atoms with Gasteiger partial charge in [-0.3, -0.25) is 0 Å². The summed E-state index contributed by atoms with van der Waals surface area (Å²) in [4.78, 5) is 0. The van der Waals surface area contributed by atoms with Crippen molar-refractivity contribution in [1.82, 2.24) is 0 Å². The molecule has 0 amide bonds. The molecule has 1 aromatic rings. The van der Waals surface area contributed by atoms with Gasteiger partial charge in [-0.2, -0.15) is 0 Å². The van der Waals surface area contributed by atoms with Gasteiger partial charge in [-0.15, -0.1) is 0 Å². The predicted octanol–water partition coefficient (Wildman–Crippen LogP) is 1.47. The first kappa shape index (κ1) is 7.26. The van der Waals surface area contributed by atoms with E-state index in [2.05, 4.69) is 14.1 Å². The van der Waals surface area contributed by atoms with E-state index in [1.165, 1.54) is 6.07 Å². The number of rotatable bonds is 1. The zero-order chi connectivity index (χ0) is 6.69. The molecular weight excluding hydrogens is 250 g/mol. The summed E-state index contributed by atoms with van der Waals surface area (Å²) >= 11 is 3.33. The summed E-state index contributed by atoms with van der Waals surface area (Å²) < 4.78 is 13.3. The van der Waals surface area contributed by atoms with Crippen molar-refractivity contribution < 1.29 is 4.39 Å². The number of hydrogen-bond donors (Lipinski definition) is 0. The second-order valence-electron chi connectivity index (χ2n) is 1.51. The Morgan fingerprint density at radius 3 is 2.44 bits per heavy atom. The van der Waals surface area contributed by atoms with E-state index in [1.54, 1.807) is 12.1 Å². The first-order valence-corrected chi connectivity index (χ1v) is 7.24. The average Bonchev–Trinajstić information content (AvgIpc) is 1.89. The molecule has 0 nitrogen and oxygen atoms in total. The topological polar surface area (TPSA) is 0 Å². The van der Waals surface area contributed by atoms with Crippen LogP contribution in [0, 0.1) is 5.82 Å². The molecule has 0 saturated heterocycles. The van der Waals surface area contributed by atoms with Crippen molar-refractivity contribution in [2.75, 3.05) is 0 Å². The van der Waals surface area contributed by atoms with Crippen LogP contribution in [0.3, 0.4) is 0 Å². The van der Waals surface area contributed by atoms with Crippen molar-refractivity contribution in [3.05, 3.63) is 30.1 Å². The SMILES string of the molecule is Fc1ccccc1[Se]Br. The van der Waals surface area contributed by atoms with E-state index in [1.807, 2.05) is 6.07 Å². The molecule has 0 radical (unpaired) electrons. The summed E-state index contributed by atoms with van der Waals surface area (Å²) in [5.74, 6) is -0.116. The van der Waals surface area contributed by atoms with Crippen molar-refractivity contribution in [2.24, 2.45) is 0 Å². The number of hydrogen-bond acceptors (Lipinski definition) is 0. The molecule has 0 atom stereocenters. The van der Waals surface area contributed by atoms with E-state index in [9.17, 15) is 4.39 Å². The summed E-state index contributed by atoms with van der Waals surface area (Å²) in [6.07, 6.45) is 0. The molecule has 0 aromatic heterocycles. The van der Waals surface area contributed by atoms with Crippen LogP contribution < -0.4 is 4.46 Å². The van der Waals surface area contributed by atoms with Gasteiger partial charge in [0.2, 0.25) is 0 Å². The first-order valence-electron chi connectivity index (χ1n) is 2.37. The maximum atomic E-state index is 12.6. The molecule has 1 rings (SSSR count). The third-order valence-electron chi connectivity index (χ3n) is 0.920. The molecule has 0 fully saturated rings.